The lowest BCUT2D eigenvalue weighted by Crippen LogP contribution is -1.81. The second-order valence-corrected chi connectivity index (χ2v) is 3.96. The second-order valence-electron chi connectivity index (χ2n) is 3.04. The Morgan fingerprint density at radius 2 is 1.85 bits per heavy atom. The molecule has 0 aromatic heterocycles. The molecule has 0 N–H and O–H groups in total. The number of hydrogen-bond acceptors (Lipinski definition) is 0. The molecule has 0 aliphatic rings. The first kappa shape index (κ1) is 10.5. The molecule has 0 heterocycles. The average Bonchev–Trinajstić information content (AvgIpc) is 2.15. The van der Waals surface area contributed by atoms with E-state index in [1.807, 2.05) is 0 Å². The van der Waals surface area contributed by atoms with E-state index in [0.717, 1.165) is 23.7 Å². The highest BCUT2D eigenvalue weighted by atomic mass is 79.9. The Bertz CT molecular complexity index is 259. The van der Waals surface area contributed by atoms with Crippen LogP contribution < -0.4 is 0 Å². The first-order valence-electron chi connectivity index (χ1n) is 4.72. The molecule has 0 atom stereocenters. The van der Waals surface area contributed by atoms with E-state index in [1.165, 1.54) is 5.56 Å². The van der Waals surface area contributed by atoms with Gasteiger partial charge in [0.25, 0.3) is 0 Å². The van der Waals surface area contributed by atoms with Gasteiger partial charge in [-0.15, -0.1) is 0 Å². The lowest BCUT2D eigenvalue weighted by Gasteiger charge is -1.97. The normalized spacial score (nSPS) is 10.9. The third-order valence-corrected chi connectivity index (χ3v) is 2.44. The molecule has 0 unspecified atom stereocenters. The summed E-state index contributed by atoms with van der Waals surface area (Å²) in [6.45, 7) is 2.16. The SMILES string of the molecule is CC/C=C\CCc1ccc(Br)cc1. The van der Waals surface area contributed by atoms with E-state index in [0.29, 0.717) is 0 Å². The topological polar surface area (TPSA) is 0 Å². The minimum atomic E-state index is 1.14. The number of rotatable bonds is 4. The van der Waals surface area contributed by atoms with E-state index in [4.69, 9.17) is 0 Å². The molecule has 70 valence electrons. The van der Waals surface area contributed by atoms with E-state index in [1.54, 1.807) is 0 Å². The number of halogens is 1. The van der Waals surface area contributed by atoms with Gasteiger partial charge in [0.2, 0.25) is 0 Å². The summed E-state index contributed by atoms with van der Waals surface area (Å²) >= 11 is 3.42. The smallest absolute Gasteiger partial charge is 0.0175 e. The van der Waals surface area contributed by atoms with Crippen molar-refractivity contribution in [3.8, 4) is 0 Å². The van der Waals surface area contributed by atoms with Gasteiger partial charge < -0.3 is 0 Å². The second kappa shape index (κ2) is 5.98. The van der Waals surface area contributed by atoms with Crippen molar-refractivity contribution >= 4 is 15.9 Å². The monoisotopic (exact) mass is 238 g/mol. The molecule has 0 amide bonds. The molecule has 1 aromatic rings. The molecule has 1 aromatic carbocycles. The van der Waals surface area contributed by atoms with Gasteiger partial charge >= 0.3 is 0 Å². The van der Waals surface area contributed by atoms with Gasteiger partial charge in [-0.1, -0.05) is 47.1 Å². The van der Waals surface area contributed by atoms with E-state index < -0.39 is 0 Å². The van der Waals surface area contributed by atoms with Gasteiger partial charge in [-0.05, 0) is 37.0 Å². The quantitative estimate of drug-likeness (QED) is 0.685. The zero-order valence-electron chi connectivity index (χ0n) is 7.96. The summed E-state index contributed by atoms with van der Waals surface area (Å²) in [7, 11) is 0. The third kappa shape index (κ3) is 4.28. The van der Waals surface area contributed by atoms with Crippen LogP contribution in [-0.4, -0.2) is 0 Å². The summed E-state index contributed by atoms with van der Waals surface area (Å²) in [6, 6.07) is 8.53. The Kier molecular flexibility index (Phi) is 4.84. The Labute approximate surface area is 88.8 Å². The van der Waals surface area contributed by atoms with E-state index in [-0.39, 0.29) is 0 Å². The summed E-state index contributed by atoms with van der Waals surface area (Å²) in [5.41, 5.74) is 1.41. The molecule has 0 saturated heterocycles. The molecule has 1 heteroatoms. The van der Waals surface area contributed by atoms with Gasteiger partial charge in [0.1, 0.15) is 0 Å². The van der Waals surface area contributed by atoms with E-state index >= 15 is 0 Å². The lowest BCUT2D eigenvalue weighted by molar-refractivity contribution is 0.991. The summed E-state index contributed by atoms with van der Waals surface area (Å²) in [6.07, 6.45) is 7.90. The molecule has 0 fully saturated rings. The highest BCUT2D eigenvalue weighted by molar-refractivity contribution is 9.10. The van der Waals surface area contributed by atoms with E-state index in [2.05, 4.69) is 59.3 Å². The largest absolute Gasteiger partial charge is 0.0888 e. The van der Waals surface area contributed by atoms with Crippen molar-refractivity contribution < 1.29 is 0 Å². The van der Waals surface area contributed by atoms with Gasteiger partial charge in [-0.3, -0.25) is 0 Å². The van der Waals surface area contributed by atoms with Crippen LogP contribution in [0.25, 0.3) is 0 Å². The van der Waals surface area contributed by atoms with Gasteiger partial charge in [-0.25, -0.2) is 0 Å². The van der Waals surface area contributed by atoms with Crippen molar-refractivity contribution in [1.82, 2.24) is 0 Å². The predicted molar refractivity (Wildman–Crippen MR) is 61.9 cm³/mol. The molecular formula is C12H15Br. The highest BCUT2D eigenvalue weighted by Crippen LogP contribution is 2.11. The zero-order chi connectivity index (χ0) is 9.52. The maximum Gasteiger partial charge on any atom is 0.0175 e. The van der Waals surface area contributed by atoms with Crippen molar-refractivity contribution in [3.63, 3.8) is 0 Å². The number of allylic oxidation sites excluding steroid dienone is 2. The summed E-state index contributed by atoms with van der Waals surface area (Å²) in [5.74, 6) is 0. The standard InChI is InChI=1S/C12H15Br/c1-2-3-4-5-6-11-7-9-12(13)10-8-11/h3-4,7-10H,2,5-6H2,1H3/b4-3-. The number of aryl methyl sites for hydroxylation is 1. The van der Waals surface area contributed by atoms with Crippen LogP contribution in [0.15, 0.2) is 40.9 Å². The van der Waals surface area contributed by atoms with Gasteiger partial charge in [0.05, 0.1) is 0 Å². The zero-order valence-corrected chi connectivity index (χ0v) is 9.55. The van der Waals surface area contributed by atoms with Crippen molar-refractivity contribution in [1.29, 1.82) is 0 Å². The number of benzene rings is 1. The fraction of sp³-hybridized carbons (Fsp3) is 0.333. The Balaban J connectivity index is 2.37. The maximum absolute atomic E-state index is 3.42. The van der Waals surface area contributed by atoms with E-state index in [9.17, 15) is 0 Å². The minimum Gasteiger partial charge on any atom is -0.0888 e. The van der Waals surface area contributed by atoms with Crippen LogP contribution in [-0.2, 0) is 6.42 Å². The highest BCUT2D eigenvalue weighted by Gasteiger charge is 1.90. The molecule has 0 bridgehead atoms. The average molecular weight is 239 g/mol. The summed E-state index contributed by atoms with van der Waals surface area (Å²) < 4.78 is 1.15. The Morgan fingerprint density at radius 1 is 1.15 bits per heavy atom. The molecule has 0 saturated carbocycles. The fourth-order valence-electron chi connectivity index (χ4n) is 1.19. The van der Waals surface area contributed by atoms with Gasteiger partial charge in [-0.2, -0.15) is 0 Å². The molecule has 0 aliphatic heterocycles. The molecule has 0 nitrogen and oxygen atoms in total. The first-order chi connectivity index (χ1) is 6.33. The van der Waals surface area contributed by atoms with Crippen LogP contribution in [0, 0.1) is 0 Å². The fourth-order valence-corrected chi connectivity index (χ4v) is 1.45. The molecule has 0 aliphatic carbocycles. The maximum atomic E-state index is 3.42. The van der Waals surface area contributed by atoms with Crippen molar-refractivity contribution in [2.75, 3.05) is 0 Å². The molecular weight excluding hydrogens is 224 g/mol. The Hall–Kier alpha value is -0.560. The van der Waals surface area contributed by atoms with Gasteiger partial charge in [0.15, 0.2) is 0 Å². The summed E-state index contributed by atoms with van der Waals surface area (Å²) in [4.78, 5) is 0. The molecule has 0 radical (unpaired) electrons. The van der Waals surface area contributed by atoms with Crippen molar-refractivity contribution in [2.45, 2.75) is 26.2 Å². The van der Waals surface area contributed by atoms with Crippen LogP contribution in [0.5, 0.6) is 0 Å². The first-order valence-corrected chi connectivity index (χ1v) is 5.51. The number of hydrogen-bond donors (Lipinski definition) is 0. The van der Waals surface area contributed by atoms with Crippen LogP contribution in [0.4, 0.5) is 0 Å². The van der Waals surface area contributed by atoms with Crippen molar-refractivity contribution in [2.24, 2.45) is 0 Å². The van der Waals surface area contributed by atoms with Crippen LogP contribution in [0.1, 0.15) is 25.3 Å². The van der Waals surface area contributed by atoms with Crippen LogP contribution in [0.3, 0.4) is 0 Å². The predicted octanol–water partition coefficient (Wildman–Crippen LogP) is 4.35. The molecule has 1 rings (SSSR count). The van der Waals surface area contributed by atoms with Gasteiger partial charge in [0, 0.05) is 4.47 Å². The Morgan fingerprint density at radius 3 is 2.46 bits per heavy atom. The summed E-state index contributed by atoms with van der Waals surface area (Å²) in [5, 5.41) is 0. The minimum absolute atomic E-state index is 1.14. The van der Waals surface area contributed by atoms with Crippen molar-refractivity contribution in [3.05, 3.63) is 46.5 Å². The molecule has 13 heavy (non-hydrogen) atoms. The van der Waals surface area contributed by atoms with Crippen LogP contribution >= 0.6 is 15.9 Å². The third-order valence-electron chi connectivity index (χ3n) is 1.92. The molecule has 0 spiro atoms. The lowest BCUT2D eigenvalue weighted by atomic mass is 10.1. The van der Waals surface area contributed by atoms with Crippen LogP contribution in [0.2, 0.25) is 0 Å².